The number of cyclic esters (lactones) is 1. The minimum atomic E-state index is -2.50. The lowest BCUT2D eigenvalue weighted by Crippen LogP contribution is -2.28. The van der Waals surface area contributed by atoms with Crippen LogP contribution < -0.4 is 5.31 Å². The number of aromatic nitrogens is 1. The van der Waals surface area contributed by atoms with E-state index in [1.807, 2.05) is 0 Å². The van der Waals surface area contributed by atoms with E-state index in [2.05, 4.69) is 4.74 Å². The summed E-state index contributed by atoms with van der Waals surface area (Å²) in [4.78, 5) is 13.7. The zero-order chi connectivity index (χ0) is 21.9. The number of amides is 1. The molecule has 0 spiro atoms. The minimum absolute atomic E-state index is 0.0344. The van der Waals surface area contributed by atoms with Crippen LogP contribution in [0.1, 0.15) is 19.4 Å². The molecule has 1 amide bonds. The summed E-state index contributed by atoms with van der Waals surface area (Å²) in [5, 5.41) is 0.469. The summed E-state index contributed by atoms with van der Waals surface area (Å²) in [7, 11) is 3.11. The Balaban J connectivity index is 2.15. The highest BCUT2D eigenvalue weighted by Crippen LogP contribution is 2.21. The van der Waals surface area contributed by atoms with E-state index in [1.54, 1.807) is 14.1 Å². The second-order valence-electron chi connectivity index (χ2n) is 4.90. The van der Waals surface area contributed by atoms with Crippen LogP contribution in [0.2, 0.25) is 2.82 Å². The highest BCUT2D eigenvalue weighted by Gasteiger charge is 2.22. The second-order valence-corrected chi connectivity index (χ2v) is 4.90. The molecule has 0 saturated carbocycles. The van der Waals surface area contributed by atoms with Crippen molar-refractivity contribution < 1.29 is 20.6 Å². The van der Waals surface area contributed by atoms with Gasteiger partial charge in [0, 0.05) is 29.1 Å². The van der Waals surface area contributed by atoms with E-state index in [0.717, 1.165) is 4.98 Å². The van der Waals surface area contributed by atoms with Gasteiger partial charge in [-0.1, -0.05) is 6.07 Å². The van der Waals surface area contributed by atoms with Crippen molar-refractivity contribution in [2.45, 2.75) is 18.8 Å². The Morgan fingerprint density at radius 3 is 3.19 bits per heavy atom. The number of carbonyl (C=O) groups excluding carboxylic acids is 1. The molecule has 5 heteroatoms. The molecular formula is C16H21N3O2. The molecule has 21 heavy (non-hydrogen) atoms. The Kier molecular flexibility index (Phi) is 2.01. The molecule has 1 fully saturated rings. The number of hydrogen-bond acceptors (Lipinski definition) is 3. The monoisotopic (exact) mass is 295 g/mol. The quantitative estimate of drug-likeness (QED) is 0.886. The maximum Gasteiger partial charge on any atom is 0.407 e. The molecule has 3 rings (SSSR count). The maximum absolute atomic E-state index is 11.5. The smallest absolute Gasteiger partial charge is 0.407 e. The highest BCUT2D eigenvalue weighted by atomic mass is 16.6. The van der Waals surface area contributed by atoms with Gasteiger partial charge < -0.3 is 19.9 Å². The molecule has 0 unspecified atom stereocenters. The van der Waals surface area contributed by atoms with E-state index in [1.165, 1.54) is 23.1 Å². The van der Waals surface area contributed by atoms with Gasteiger partial charge in [0.05, 0.1) is 8.76 Å². The third kappa shape index (κ3) is 3.19. The molecule has 1 aliphatic rings. The topological polar surface area (TPSA) is 57.4 Å². The third-order valence-electron chi connectivity index (χ3n) is 3.05. The van der Waals surface area contributed by atoms with Gasteiger partial charge in [0.15, 0.2) is 2.82 Å². The van der Waals surface area contributed by atoms with Crippen molar-refractivity contribution in [1.29, 1.82) is 0 Å². The fourth-order valence-corrected chi connectivity index (χ4v) is 2.05. The van der Waals surface area contributed by atoms with Gasteiger partial charge in [-0.2, -0.15) is 0 Å². The van der Waals surface area contributed by atoms with Crippen LogP contribution in [-0.4, -0.2) is 49.2 Å². The summed E-state index contributed by atoms with van der Waals surface area (Å²) < 4.78 is 70.1. The summed E-state index contributed by atoms with van der Waals surface area (Å²) in [6, 6.07) is 1.79. The SMILES string of the molecule is [2H]c1c(CC([2H])([2H])N(C)C)c2cc(C([2H])([2H])[C@@]3([2H])COC(=O)N3[2H])ccc2n1[2H]. The summed E-state index contributed by atoms with van der Waals surface area (Å²) >= 11 is 0. The van der Waals surface area contributed by atoms with Crippen LogP contribution in [-0.2, 0) is 17.5 Å². The normalized spacial score (nSPS) is 29.1. The first-order chi connectivity index (χ1) is 13.2. The molecule has 1 aromatic carbocycles. The van der Waals surface area contributed by atoms with Crippen molar-refractivity contribution in [3.8, 4) is 0 Å². The molecule has 0 radical (unpaired) electrons. The van der Waals surface area contributed by atoms with Gasteiger partial charge in [-0.05, 0) is 50.1 Å². The average molecular weight is 295 g/mol. The minimum Gasteiger partial charge on any atom is -0.447 e. The van der Waals surface area contributed by atoms with Crippen molar-refractivity contribution in [2.75, 3.05) is 27.2 Å². The number of nitrogens with zero attached hydrogens (tertiary/aromatic N) is 1. The molecule has 1 atom stereocenters. The van der Waals surface area contributed by atoms with Gasteiger partial charge in [0.2, 0.25) is 0 Å². The molecule has 0 aliphatic carbocycles. The van der Waals surface area contributed by atoms with Gasteiger partial charge in [-0.15, -0.1) is 0 Å². The summed E-state index contributed by atoms with van der Waals surface area (Å²) in [5.74, 6) is 0. The molecular weight excluding hydrogens is 266 g/mol. The van der Waals surface area contributed by atoms with Crippen molar-refractivity contribution in [3.05, 3.63) is 35.5 Å². The zero-order valence-electron chi connectivity index (χ0n) is 19.8. The van der Waals surface area contributed by atoms with Gasteiger partial charge in [0.1, 0.15) is 6.61 Å². The van der Waals surface area contributed by atoms with Gasteiger partial charge >= 0.3 is 6.09 Å². The number of nitrogens with one attached hydrogen (secondary N) is 2. The number of likely N-dealkylation sites (N-methyl/N-ethyl adjacent to an activating group) is 1. The first-order valence-electron chi connectivity index (χ1n) is 10.4. The van der Waals surface area contributed by atoms with Gasteiger partial charge in [-0.25, -0.2) is 4.79 Å². The number of aromatic amines is 1. The number of rotatable bonds is 5. The van der Waals surface area contributed by atoms with Crippen LogP contribution in [0.5, 0.6) is 0 Å². The predicted octanol–water partition coefficient (Wildman–Crippen LogP) is 1.92. The fraction of sp³-hybridized carbons (Fsp3) is 0.438. The molecule has 112 valence electrons. The van der Waals surface area contributed by atoms with Crippen molar-refractivity contribution in [2.24, 2.45) is 0 Å². The van der Waals surface area contributed by atoms with Crippen molar-refractivity contribution in [3.63, 3.8) is 0 Å². The standard InChI is InChI=1S/C16H21N3O2/c1-19(2)6-5-12-9-17-15-4-3-11(8-14(12)15)7-13-10-21-16(20)18-13/h3-4,8-9,13,17H,5-7,10H2,1-2H3,(H,18,20)/t13-/m0/s1/i6D2,7D2,9D,13D/hD2. The van der Waals surface area contributed by atoms with E-state index in [9.17, 15) is 4.79 Å². The van der Waals surface area contributed by atoms with E-state index in [-0.39, 0.29) is 29.0 Å². The number of H-pyrrole nitrogens is 1. The Hall–Kier alpha value is -2.01. The highest BCUT2D eigenvalue weighted by molar-refractivity contribution is 5.84. The van der Waals surface area contributed by atoms with Crippen LogP contribution >= 0.6 is 0 Å². The Labute approximate surface area is 135 Å². The zero-order valence-corrected chi connectivity index (χ0v) is 11.8. The molecule has 2 N–H and O–H groups in total. The number of hydrogen-bond donors (Lipinski definition) is 2. The molecule has 2 aromatic rings. The van der Waals surface area contributed by atoms with Crippen LogP contribution in [0.15, 0.2) is 24.4 Å². The number of alkyl carbamates (subject to hydrolysis) is 1. The van der Waals surface area contributed by atoms with E-state index in [0.29, 0.717) is 10.9 Å². The van der Waals surface area contributed by atoms with Crippen LogP contribution in [0.25, 0.3) is 10.9 Å². The molecule has 5 nitrogen and oxygen atoms in total. The summed E-state index contributed by atoms with van der Waals surface area (Å²) in [6.07, 6.45) is -4.04. The van der Waals surface area contributed by atoms with Crippen LogP contribution in [0.3, 0.4) is 0 Å². The van der Waals surface area contributed by atoms with Crippen molar-refractivity contribution in [1.82, 2.24) is 15.2 Å². The summed E-state index contributed by atoms with van der Waals surface area (Å²) in [5.41, 5.74) is 0.485. The number of ether oxygens (including phenoxy) is 1. The largest absolute Gasteiger partial charge is 0.447 e. The predicted molar refractivity (Wildman–Crippen MR) is 82.5 cm³/mol. The third-order valence-corrected chi connectivity index (χ3v) is 3.05. The Morgan fingerprint density at radius 2 is 2.48 bits per heavy atom. The fourth-order valence-electron chi connectivity index (χ4n) is 2.05. The second kappa shape index (κ2) is 5.77. The first-order valence-corrected chi connectivity index (χ1v) is 6.51. The first kappa shape index (κ1) is 7.31. The molecule has 1 aromatic heterocycles. The molecule has 1 saturated heterocycles. The lowest BCUT2D eigenvalue weighted by molar-refractivity contribution is 0.177. The number of carbonyl (C=O) groups is 1. The average Bonchev–Trinajstić information content (AvgIpc) is 3.05. The lowest BCUT2D eigenvalue weighted by atomic mass is 10.0. The molecule has 1 aliphatic heterocycles. The molecule has 2 heterocycles. The van der Waals surface area contributed by atoms with Crippen molar-refractivity contribution >= 4 is 17.0 Å². The maximum atomic E-state index is 11.5. The number of fused-ring (bicyclic) bond motifs is 1. The molecule has 0 bridgehead atoms. The Morgan fingerprint density at radius 1 is 1.62 bits per heavy atom. The summed E-state index contributed by atoms with van der Waals surface area (Å²) in [6.45, 7) is -2.43. The van der Waals surface area contributed by atoms with E-state index in [4.69, 9.17) is 11.0 Å². The van der Waals surface area contributed by atoms with E-state index >= 15 is 0 Å². The number of aryl methyl sites for hydroxylation is 1. The van der Waals surface area contributed by atoms with E-state index < -0.39 is 31.6 Å². The van der Waals surface area contributed by atoms with Gasteiger partial charge in [-0.3, -0.25) is 0 Å². The number of benzene rings is 1. The lowest BCUT2D eigenvalue weighted by Gasteiger charge is -2.09. The van der Waals surface area contributed by atoms with Crippen LogP contribution in [0, 0.1) is 0 Å². The van der Waals surface area contributed by atoms with Crippen LogP contribution in [0.4, 0.5) is 4.79 Å². The Bertz CT molecular complexity index is 977. The van der Waals surface area contributed by atoms with Gasteiger partial charge in [0.25, 0.3) is 0 Å².